The minimum Gasteiger partial charge on any atom is -0.480 e. The van der Waals surface area contributed by atoms with Gasteiger partial charge in [0.2, 0.25) is 5.91 Å². The molecule has 0 fully saturated rings. The third kappa shape index (κ3) is 4.25. The minimum atomic E-state index is -0.0365. The number of benzene rings is 3. The van der Waals surface area contributed by atoms with E-state index in [1.165, 1.54) is 0 Å². The van der Waals surface area contributed by atoms with E-state index < -0.39 is 0 Å². The Labute approximate surface area is 170 Å². The standard InChI is InChI=1S/C25H22N2O2/c1-27-18-20(21-11-4-5-13-23(21)27)17-25(28)26-15-6-7-16-29-24-14-8-10-19-9-2-3-12-22(19)24/h2-5,8-14,18H,15-17H2,1H3,(H,26,28). The molecule has 29 heavy (non-hydrogen) atoms. The van der Waals surface area contributed by atoms with Gasteiger partial charge in [0.25, 0.3) is 0 Å². The first kappa shape index (κ1) is 18.6. The fourth-order valence-electron chi connectivity index (χ4n) is 3.49. The van der Waals surface area contributed by atoms with Crippen molar-refractivity contribution in [3.8, 4) is 17.6 Å². The van der Waals surface area contributed by atoms with Crippen molar-refractivity contribution in [3.63, 3.8) is 0 Å². The van der Waals surface area contributed by atoms with Crippen LogP contribution in [0.1, 0.15) is 5.56 Å². The molecule has 0 aliphatic rings. The summed E-state index contributed by atoms with van der Waals surface area (Å²) in [6.45, 7) is 0.593. The SMILES string of the molecule is Cn1cc(CC(=O)NCC#CCOc2cccc3ccccc23)c2ccccc21. The molecule has 1 amide bonds. The molecule has 1 heterocycles. The topological polar surface area (TPSA) is 43.3 Å². The zero-order valence-electron chi connectivity index (χ0n) is 16.3. The summed E-state index contributed by atoms with van der Waals surface area (Å²) in [7, 11) is 1.99. The highest BCUT2D eigenvalue weighted by molar-refractivity contribution is 5.89. The van der Waals surface area contributed by atoms with Crippen LogP contribution in [0.4, 0.5) is 0 Å². The highest BCUT2D eigenvalue weighted by Gasteiger charge is 2.09. The van der Waals surface area contributed by atoms with Crippen LogP contribution in [-0.4, -0.2) is 23.6 Å². The van der Waals surface area contributed by atoms with Gasteiger partial charge >= 0.3 is 0 Å². The van der Waals surface area contributed by atoms with E-state index in [1.54, 1.807) is 0 Å². The molecule has 1 aromatic heterocycles. The van der Waals surface area contributed by atoms with Crippen molar-refractivity contribution in [1.29, 1.82) is 0 Å². The molecule has 3 aromatic carbocycles. The number of carbonyl (C=O) groups excluding carboxylic acids is 1. The van der Waals surface area contributed by atoms with Crippen LogP contribution in [0.15, 0.2) is 72.9 Å². The number of ether oxygens (including phenoxy) is 1. The van der Waals surface area contributed by atoms with E-state index in [4.69, 9.17) is 4.74 Å². The third-order valence-electron chi connectivity index (χ3n) is 4.88. The molecule has 4 nitrogen and oxygen atoms in total. The van der Waals surface area contributed by atoms with Crippen LogP contribution in [-0.2, 0) is 18.3 Å². The molecule has 0 radical (unpaired) electrons. The number of amides is 1. The van der Waals surface area contributed by atoms with Gasteiger partial charge in [-0.15, -0.1) is 0 Å². The number of carbonyl (C=O) groups is 1. The maximum absolute atomic E-state index is 12.2. The minimum absolute atomic E-state index is 0.0365. The van der Waals surface area contributed by atoms with Crippen LogP contribution in [0.2, 0.25) is 0 Å². The quantitative estimate of drug-likeness (QED) is 0.529. The van der Waals surface area contributed by atoms with Crippen molar-refractivity contribution in [2.45, 2.75) is 6.42 Å². The fourth-order valence-corrected chi connectivity index (χ4v) is 3.49. The second-order valence-corrected chi connectivity index (χ2v) is 6.86. The molecule has 0 atom stereocenters. The molecular weight excluding hydrogens is 360 g/mol. The molecule has 144 valence electrons. The summed E-state index contributed by atoms with van der Waals surface area (Å²) in [4.78, 5) is 12.2. The molecule has 0 aliphatic heterocycles. The molecule has 4 rings (SSSR count). The average Bonchev–Trinajstić information content (AvgIpc) is 3.06. The van der Waals surface area contributed by atoms with Gasteiger partial charge in [0.1, 0.15) is 12.4 Å². The summed E-state index contributed by atoms with van der Waals surface area (Å²) in [5.41, 5.74) is 2.15. The number of hydrogen-bond acceptors (Lipinski definition) is 2. The molecule has 0 saturated carbocycles. The van der Waals surface area contributed by atoms with Crippen LogP contribution in [0.5, 0.6) is 5.75 Å². The number of hydrogen-bond donors (Lipinski definition) is 1. The molecule has 0 aliphatic carbocycles. The monoisotopic (exact) mass is 382 g/mol. The van der Waals surface area contributed by atoms with E-state index in [0.717, 1.165) is 33.0 Å². The second-order valence-electron chi connectivity index (χ2n) is 6.86. The van der Waals surface area contributed by atoms with E-state index in [1.807, 2.05) is 66.3 Å². The first-order chi connectivity index (χ1) is 14.2. The third-order valence-corrected chi connectivity index (χ3v) is 4.88. The van der Waals surface area contributed by atoms with Gasteiger partial charge < -0.3 is 14.6 Å². The Kier molecular flexibility index (Phi) is 5.49. The van der Waals surface area contributed by atoms with E-state index in [0.29, 0.717) is 13.0 Å². The van der Waals surface area contributed by atoms with Gasteiger partial charge in [-0.05, 0) is 23.1 Å². The molecule has 0 unspecified atom stereocenters. The summed E-state index contributed by atoms with van der Waals surface area (Å²) in [5, 5.41) is 6.17. The number of para-hydroxylation sites is 1. The Morgan fingerprint density at radius 2 is 1.72 bits per heavy atom. The highest BCUT2D eigenvalue weighted by Crippen LogP contribution is 2.25. The predicted octanol–water partition coefficient (Wildman–Crippen LogP) is 4.07. The van der Waals surface area contributed by atoms with Crippen molar-refractivity contribution in [3.05, 3.63) is 78.5 Å². The number of nitrogens with zero attached hydrogens (tertiary/aromatic N) is 1. The summed E-state index contributed by atoms with van der Waals surface area (Å²) in [6, 6.07) is 22.1. The molecule has 0 saturated heterocycles. The maximum atomic E-state index is 12.2. The number of fused-ring (bicyclic) bond motifs is 2. The van der Waals surface area contributed by atoms with Crippen LogP contribution >= 0.6 is 0 Å². The first-order valence-corrected chi connectivity index (χ1v) is 9.58. The van der Waals surface area contributed by atoms with Crippen LogP contribution in [0.25, 0.3) is 21.7 Å². The lowest BCUT2D eigenvalue weighted by molar-refractivity contribution is -0.120. The predicted molar refractivity (Wildman–Crippen MR) is 117 cm³/mol. The summed E-state index contributed by atoms with van der Waals surface area (Å²) >= 11 is 0. The van der Waals surface area contributed by atoms with Gasteiger partial charge in [-0.1, -0.05) is 66.4 Å². The Bertz CT molecular complexity index is 1220. The van der Waals surface area contributed by atoms with E-state index >= 15 is 0 Å². The van der Waals surface area contributed by atoms with Crippen molar-refractivity contribution in [1.82, 2.24) is 9.88 Å². The molecule has 1 N–H and O–H groups in total. The summed E-state index contributed by atoms with van der Waals surface area (Å²) in [6.07, 6.45) is 2.35. The Hall–Kier alpha value is -3.71. The number of aromatic nitrogens is 1. The van der Waals surface area contributed by atoms with E-state index in [9.17, 15) is 4.79 Å². The normalized spacial score (nSPS) is 10.5. The Morgan fingerprint density at radius 1 is 0.966 bits per heavy atom. The van der Waals surface area contributed by atoms with Gasteiger partial charge in [-0.25, -0.2) is 0 Å². The summed E-state index contributed by atoms with van der Waals surface area (Å²) in [5.74, 6) is 6.69. The largest absolute Gasteiger partial charge is 0.480 e. The van der Waals surface area contributed by atoms with Crippen molar-refractivity contribution in [2.24, 2.45) is 7.05 Å². The molecule has 4 heteroatoms. The summed E-state index contributed by atoms with van der Waals surface area (Å²) < 4.78 is 7.83. The maximum Gasteiger partial charge on any atom is 0.225 e. The van der Waals surface area contributed by atoms with Crippen LogP contribution in [0, 0.1) is 11.8 Å². The van der Waals surface area contributed by atoms with Gasteiger partial charge in [0, 0.05) is 29.5 Å². The van der Waals surface area contributed by atoms with Crippen LogP contribution < -0.4 is 10.1 Å². The van der Waals surface area contributed by atoms with Gasteiger partial charge in [0.05, 0.1) is 13.0 Å². The van der Waals surface area contributed by atoms with Crippen molar-refractivity contribution >= 4 is 27.6 Å². The Morgan fingerprint density at radius 3 is 2.62 bits per heavy atom. The van der Waals surface area contributed by atoms with Gasteiger partial charge in [0.15, 0.2) is 0 Å². The molecule has 4 aromatic rings. The smallest absolute Gasteiger partial charge is 0.225 e. The van der Waals surface area contributed by atoms with Crippen molar-refractivity contribution in [2.75, 3.05) is 13.2 Å². The fraction of sp³-hybridized carbons (Fsp3) is 0.160. The lowest BCUT2D eigenvalue weighted by atomic mass is 10.1. The van der Waals surface area contributed by atoms with E-state index in [2.05, 4.69) is 35.4 Å². The lowest BCUT2D eigenvalue weighted by Gasteiger charge is -2.06. The van der Waals surface area contributed by atoms with Crippen molar-refractivity contribution < 1.29 is 9.53 Å². The first-order valence-electron chi connectivity index (χ1n) is 9.58. The van der Waals surface area contributed by atoms with Gasteiger partial charge in [-0.2, -0.15) is 0 Å². The highest BCUT2D eigenvalue weighted by atomic mass is 16.5. The average molecular weight is 382 g/mol. The molecule has 0 spiro atoms. The van der Waals surface area contributed by atoms with E-state index in [-0.39, 0.29) is 12.5 Å². The zero-order valence-corrected chi connectivity index (χ0v) is 16.3. The number of rotatable bonds is 5. The van der Waals surface area contributed by atoms with Gasteiger partial charge in [-0.3, -0.25) is 4.79 Å². The lowest BCUT2D eigenvalue weighted by Crippen LogP contribution is -2.25. The van der Waals surface area contributed by atoms with Crippen LogP contribution in [0.3, 0.4) is 0 Å². The molecule has 0 bridgehead atoms. The molecular formula is C25H22N2O2. The zero-order chi connectivity index (χ0) is 20.1. The number of nitrogens with one attached hydrogen (secondary N) is 1. The second kappa shape index (κ2) is 8.53. The Balaban J connectivity index is 1.28. The number of aryl methyl sites for hydroxylation is 1.